The van der Waals surface area contributed by atoms with Crippen LogP contribution in [0.1, 0.15) is 5.69 Å². The quantitative estimate of drug-likeness (QED) is 0.438. The Kier molecular flexibility index (Phi) is 4.30. The Morgan fingerprint density at radius 2 is 2.43 bits per heavy atom. The summed E-state index contributed by atoms with van der Waals surface area (Å²) in [5.74, 6) is 0. The van der Waals surface area contributed by atoms with Gasteiger partial charge in [0.25, 0.3) is 0 Å². The molecule has 1 rings (SSSR count). The Morgan fingerprint density at radius 1 is 1.57 bits per heavy atom. The summed E-state index contributed by atoms with van der Waals surface area (Å²) < 4.78 is 0. The summed E-state index contributed by atoms with van der Waals surface area (Å²) in [7, 11) is 0. The van der Waals surface area contributed by atoms with Crippen LogP contribution in [-0.4, -0.2) is 16.3 Å². The molecule has 4 nitrogen and oxygen atoms in total. The number of nitrogens with one attached hydrogen (secondary N) is 1. The zero-order valence-electron chi connectivity index (χ0n) is 7.42. The first kappa shape index (κ1) is 10.3. The minimum atomic E-state index is 0.146. The number of rotatable bonds is 3. The molecule has 1 heterocycles. The van der Waals surface area contributed by atoms with Crippen LogP contribution in [0.25, 0.3) is 6.08 Å². The molecule has 0 saturated heterocycles. The van der Waals surface area contributed by atoms with Gasteiger partial charge < -0.3 is 5.73 Å². The molecule has 0 fully saturated rings. The van der Waals surface area contributed by atoms with Crippen molar-refractivity contribution in [3.63, 3.8) is 0 Å². The molecule has 72 valence electrons. The van der Waals surface area contributed by atoms with Crippen LogP contribution in [0, 0.1) is 0 Å². The molecule has 1 aromatic heterocycles. The summed E-state index contributed by atoms with van der Waals surface area (Å²) in [6.07, 6.45) is 6.84. The molecular formula is C9H10N4S. The lowest BCUT2D eigenvalue weighted by Gasteiger charge is -1.90. The molecule has 0 atom stereocenters. The first-order valence-electron chi connectivity index (χ1n) is 3.95. The number of nitrogens with two attached hydrogens (primary N) is 1. The van der Waals surface area contributed by atoms with Crippen LogP contribution >= 0.6 is 12.2 Å². The second kappa shape index (κ2) is 5.82. The summed E-state index contributed by atoms with van der Waals surface area (Å²) in [6.45, 7) is 0. The summed E-state index contributed by atoms with van der Waals surface area (Å²) in [4.78, 5) is 4.09. The molecule has 0 spiro atoms. The molecule has 0 aliphatic rings. The van der Waals surface area contributed by atoms with Gasteiger partial charge in [0.2, 0.25) is 0 Å². The molecule has 0 aromatic carbocycles. The van der Waals surface area contributed by atoms with E-state index < -0.39 is 0 Å². The lowest BCUT2D eigenvalue weighted by atomic mass is 10.3. The van der Waals surface area contributed by atoms with Crippen molar-refractivity contribution in [1.29, 1.82) is 0 Å². The summed E-state index contributed by atoms with van der Waals surface area (Å²) in [5, 5.41) is 3.88. The van der Waals surface area contributed by atoms with Crippen LogP contribution in [0.15, 0.2) is 35.6 Å². The number of thiocarbonyl (C=S) groups is 1. The third-order valence-electron chi connectivity index (χ3n) is 1.29. The van der Waals surface area contributed by atoms with Crippen molar-refractivity contribution in [1.82, 2.24) is 10.4 Å². The topological polar surface area (TPSA) is 63.3 Å². The summed E-state index contributed by atoms with van der Waals surface area (Å²) in [5.41, 5.74) is 8.46. The van der Waals surface area contributed by atoms with E-state index in [0.29, 0.717) is 0 Å². The number of aromatic nitrogens is 1. The van der Waals surface area contributed by atoms with Gasteiger partial charge in [0.1, 0.15) is 0 Å². The Balaban J connectivity index is 2.42. The van der Waals surface area contributed by atoms with Gasteiger partial charge in [-0.3, -0.25) is 10.4 Å². The maximum absolute atomic E-state index is 5.16. The van der Waals surface area contributed by atoms with E-state index in [9.17, 15) is 0 Å². The Hall–Kier alpha value is -1.75. The SMILES string of the molecule is NC(=S)N/N=C\C=C\c1ccccn1. The number of pyridine rings is 1. The summed E-state index contributed by atoms with van der Waals surface area (Å²) in [6, 6.07) is 5.67. The van der Waals surface area contributed by atoms with Gasteiger partial charge in [-0.1, -0.05) is 6.07 Å². The van der Waals surface area contributed by atoms with Crippen LogP contribution in [0.2, 0.25) is 0 Å². The van der Waals surface area contributed by atoms with E-state index in [0.717, 1.165) is 5.69 Å². The van der Waals surface area contributed by atoms with Gasteiger partial charge in [-0.05, 0) is 36.5 Å². The molecule has 0 amide bonds. The monoisotopic (exact) mass is 206 g/mol. The van der Waals surface area contributed by atoms with Gasteiger partial charge in [-0.2, -0.15) is 5.10 Å². The lowest BCUT2D eigenvalue weighted by molar-refractivity contribution is 1.04. The fourth-order valence-electron chi connectivity index (χ4n) is 0.760. The zero-order chi connectivity index (χ0) is 10.2. The van der Waals surface area contributed by atoms with E-state index in [1.165, 1.54) is 0 Å². The molecule has 5 heteroatoms. The predicted octanol–water partition coefficient (Wildman–Crippen LogP) is 0.914. The van der Waals surface area contributed by atoms with Crippen LogP contribution < -0.4 is 11.2 Å². The van der Waals surface area contributed by atoms with Gasteiger partial charge in [0.15, 0.2) is 5.11 Å². The molecule has 3 N–H and O–H groups in total. The highest BCUT2D eigenvalue weighted by molar-refractivity contribution is 7.80. The van der Waals surface area contributed by atoms with Gasteiger partial charge in [0.05, 0.1) is 5.69 Å². The number of nitrogens with zero attached hydrogens (tertiary/aromatic N) is 2. The van der Waals surface area contributed by atoms with Crippen molar-refractivity contribution in [3.05, 3.63) is 36.2 Å². The van der Waals surface area contributed by atoms with Crippen LogP contribution in [0.5, 0.6) is 0 Å². The van der Waals surface area contributed by atoms with Crippen LogP contribution in [-0.2, 0) is 0 Å². The van der Waals surface area contributed by atoms with Crippen LogP contribution in [0.3, 0.4) is 0 Å². The minimum Gasteiger partial charge on any atom is -0.375 e. The lowest BCUT2D eigenvalue weighted by Crippen LogP contribution is -2.23. The van der Waals surface area contributed by atoms with Gasteiger partial charge in [-0.15, -0.1) is 0 Å². The zero-order valence-corrected chi connectivity index (χ0v) is 8.24. The maximum Gasteiger partial charge on any atom is 0.184 e. The van der Waals surface area contributed by atoms with E-state index in [2.05, 4.69) is 27.7 Å². The highest BCUT2D eigenvalue weighted by Gasteiger charge is 1.81. The fraction of sp³-hybridized carbons (Fsp3) is 0. The molecule has 1 aromatic rings. The molecule has 14 heavy (non-hydrogen) atoms. The van der Waals surface area contributed by atoms with Crippen molar-refractivity contribution < 1.29 is 0 Å². The number of hydrazone groups is 1. The highest BCUT2D eigenvalue weighted by atomic mass is 32.1. The second-order valence-electron chi connectivity index (χ2n) is 2.37. The van der Waals surface area contributed by atoms with Crippen molar-refractivity contribution in [2.75, 3.05) is 0 Å². The Morgan fingerprint density at radius 3 is 3.07 bits per heavy atom. The standard InChI is InChI=1S/C9H10N4S/c10-9(14)13-12-7-3-5-8-4-1-2-6-11-8/h1-7H,(H3,10,13,14)/b5-3+,12-7-. The van der Waals surface area contributed by atoms with Crippen LogP contribution in [0.4, 0.5) is 0 Å². The third kappa shape index (κ3) is 4.32. The van der Waals surface area contributed by atoms with E-state index >= 15 is 0 Å². The van der Waals surface area contributed by atoms with Crippen molar-refractivity contribution in [3.8, 4) is 0 Å². The molecule has 0 saturated carbocycles. The Labute approximate surface area is 87.5 Å². The third-order valence-corrected chi connectivity index (χ3v) is 1.38. The van der Waals surface area contributed by atoms with Gasteiger partial charge in [0, 0.05) is 12.4 Å². The Bertz CT molecular complexity index is 345. The second-order valence-corrected chi connectivity index (χ2v) is 2.81. The fourth-order valence-corrected chi connectivity index (χ4v) is 0.813. The van der Waals surface area contributed by atoms with Gasteiger partial charge in [-0.25, -0.2) is 0 Å². The molecule has 0 bridgehead atoms. The van der Waals surface area contributed by atoms with E-state index in [4.69, 9.17) is 5.73 Å². The maximum atomic E-state index is 5.16. The van der Waals surface area contributed by atoms with E-state index in [1.54, 1.807) is 18.5 Å². The van der Waals surface area contributed by atoms with E-state index in [1.807, 2.05) is 24.3 Å². The number of hydrogen-bond donors (Lipinski definition) is 2. The molecule has 0 radical (unpaired) electrons. The molecular weight excluding hydrogens is 196 g/mol. The normalized spacial score (nSPS) is 10.9. The highest BCUT2D eigenvalue weighted by Crippen LogP contribution is 1.94. The first-order chi connectivity index (χ1) is 6.79. The van der Waals surface area contributed by atoms with Crippen molar-refractivity contribution >= 4 is 29.6 Å². The van der Waals surface area contributed by atoms with Gasteiger partial charge >= 0.3 is 0 Å². The minimum absolute atomic E-state index is 0.146. The van der Waals surface area contributed by atoms with Crippen molar-refractivity contribution in [2.45, 2.75) is 0 Å². The smallest absolute Gasteiger partial charge is 0.184 e. The van der Waals surface area contributed by atoms with Crippen molar-refractivity contribution in [2.24, 2.45) is 10.8 Å². The molecule has 0 unspecified atom stereocenters. The average Bonchev–Trinajstić information content (AvgIpc) is 2.18. The largest absolute Gasteiger partial charge is 0.375 e. The molecule has 0 aliphatic carbocycles. The average molecular weight is 206 g/mol. The molecule has 0 aliphatic heterocycles. The first-order valence-corrected chi connectivity index (χ1v) is 4.36. The predicted molar refractivity (Wildman–Crippen MR) is 61.7 cm³/mol. The summed E-state index contributed by atoms with van der Waals surface area (Å²) >= 11 is 4.56. The number of hydrogen-bond acceptors (Lipinski definition) is 3. The number of allylic oxidation sites excluding steroid dienone is 1. The van der Waals surface area contributed by atoms with E-state index in [-0.39, 0.29) is 5.11 Å².